The van der Waals surface area contributed by atoms with Crippen LogP contribution in [-0.4, -0.2) is 64.3 Å². The van der Waals surface area contributed by atoms with Gasteiger partial charge in [0.2, 0.25) is 5.91 Å². The van der Waals surface area contributed by atoms with E-state index in [4.69, 9.17) is 0 Å². The Balaban J connectivity index is 1.19. The molecule has 9 heteroatoms. The summed E-state index contributed by atoms with van der Waals surface area (Å²) in [4.78, 5) is 22.0. The second-order valence-electron chi connectivity index (χ2n) is 9.11. The summed E-state index contributed by atoms with van der Waals surface area (Å²) in [5, 5.41) is 3.04. The third-order valence-corrected chi connectivity index (χ3v) is 8.06. The van der Waals surface area contributed by atoms with E-state index in [0.29, 0.717) is 24.4 Å². The van der Waals surface area contributed by atoms with Gasteiger partial charge in [0.15, 0.2) is 0 Å². The number of rotatable bonds is 9. The fourth-order valence-corrected chi connectivity index (χ4v) is 5.79. The molecule has 1 saturated heterocycles. The minimum Gasteiger partial charge on any atom is -0.369 e. The number of unbranched alkanes of at least 4 members (excludes halogenated alkanes) is 2. The summed E-state index contributed by atoms with van der Waals surface area (Å²) < 4.78 is 26.8. The Kier molecular flexibility index (Phi) is 8.07. The van der Waals surface area contributed by atoms with Crippen molar-refractivity contribution in [2.75, 3.05) is 49.5 Å². The smallest absolute Gasteiger partial charge is 0.263 e. The number of carbonyl (C=O) groups excluding carboxylic acids is 1. The number of piperazine rings is 1. The maximum Gasteiger partial charge on any atom is 0.263 e. The number of anilines is 2. The number of nitrogens with zero attached hydrogens (tertiary/aromatic N) is 3. The van der Waals surface area contributed by atoms with E-state index >= 15 is 0 Å². The Bertz CT molecular complexity index is 1190. The SMILES string of the molecule is CCN1CCN(c2ccc(NC(=O)CCCCCN=C3NS(=O)(=O)c4ccccc43)c(C)c2)CC1. The highest BCUT2D eigenvalue weighted by molar-refractivity contribution is 7.90. The molecular weight excluding hydrogens is 462 g/mol. The van der Waals surface area contributed by atoms with Crippen LogP contribution in [0.5, 0.6) is 0 Å². The van der Waals surface area contributed by atoms with Crippen LogP contribution in [0, 0.1) is 6.92 Å². The van der Waals surface area contributed by atoms with E-state index in [0.717, 1.165) is 63.2 Å². The fourth-order valence-electron chi connectivity index (χ4n) is 4.54. The zero-order valence-corrected chi connectivity index (χ0v) is 21.4. The Hall–Kier alpha value is -2.91. The van der Waals surface area contributed by atoms with Crippen LogP contribution >= 0.6 is 0 Å². The predicted octanol–water partition coefficient (Wildman–Crippen LogP) is 3.37. The van der Waals surface area contributed by atoms with E-state index in [1.165, 1.54) is 5.69 Å². The number of hydrogen-bond donors (Lipinski definition) is 2. The average Bonchev–Trinajstić information content (AvgIpc) is 3.12. The molecule has 0 spiro atoms. The maximum atomic E-state index is 12.4. The molecule has 0 radical (unpaired) electrons. The molecule has 0 saturated carbocycles. The number of likely N-dealkylation sites (N-methyl/N-ethyl adjacent to an activating group) is 1. The van der Waals surface area contributed by atoms with Gasteiger partial charge in [-0.05, 0) is 62.2 Å². The van der Waals surface area contributed by atoms with Crippen molar-refractivity contribution < 1.29 is 13.2 Å². The Morgan fingerprint density at radius 1 is 1.06 bits per heavy atom. The van der Waals surface area contributed by atoms with Crippen LogP contribution in [0.1, 0.15) is 43.7 Å². The first-order chi connectivity index (χ1) is 16.9. The number of nitrogens with one attached hydrogen (secondary N) is 2. The van der Waals surface area contributed by atoms with Gasteiger partial charge < -0.3 is 15.1 Å². The van der Waals surface area contributed by atoms with Crippen molar-refractivity contribution in [1.82, 2.24) is 9.62 Å². The Morgan fingerprint density at radius 2 is 1.83 bits per heavy atom. The van der Waals surface area contributed by atoms with E-state index in [1.54, 1.807) is 24.3 Å². The number of amidine groups is 1. The number of fused-ring (bicyclic) bond motifs is 1. The second kappa shape index (κ2) is 11.2. The van der Waals surface area contributed by atoms with Crippen molar-refractivity contribution in [3.63, 3.8) is 0 Å². The second-order valence-corrected chi connectivity index (χ2v) is 10.8. The molecule has 1 fully saturated rings. The number of hydrogen-bond acceptors (Lipinski definition) is 6. The number of amides is 1. The summed E-state index contributed by atoms with van der Waals surface area (Å²) in [5.74, 6) is 0.422. The van der Waals surface area contributed by atoms with Gasteiger partial charge in [0, 0.05) is 56.1 Å². The summed E-state index contributed by atoms with van der Waals surface area (Å²) in [6.07, 6.45) is 2.85. The zero-order valence-electron chi connectivity index (χ0n) is 20.6. The predicted molar refractivity (Wildman–Crippen MR) is 141 cm³/mol. The number of benzene rings is 2. The van der Waals surface area contributed by atoms with Crippen LogP contribution in [-0.2, 0) is 14.8 Å². The lowest BCUT2D eigenvalue weighted by Gasteiger charge is -2.35. The highest BCUT2D eigenvalue weighted by Crippen LogP contribution is 2.24. The molecule has 2 aliphatic rings. The molecule has 0 bridgehead atoms. The molecule has 0 aromatic heterocycles. The standard InChI is InChI=1S/C26H35N5O3S/c1-3-30-15-17-31(18-16-30)21-12-13-23(20(2)19-21)28-25(32)11-5-4-8-14-27-26-22-9-6-7-10-24(22)35(33,34)29-26/h6-7,9-10,12-13,19H,3-5,8,11,14-18H2,1-2H3,(H,27,29)(H,28,32). The third-order valence-electron chi connectivity index (χ3n) is 6.66. The largest absolute Gasteiger partial charge is 0.369 e. The van der Waals surface area contributed by atoms with Crippen molar-refractivity contribution >= 4 is 33.1 Å². The quantitative estimate of drug-likeness (QED) is 0.518. The number of sulfonamides is 1. The van der Waals surface area contributed by atoms with Gasteiger partial charge >= 0.3 is 0 Å². The van der Waals surface area contributed by atoms with E-state index in [9.17, 15) is 13.2 Å². The molecule has 35 heavy (non-hydrogen) atoms. The molecule has 0 unspecified atom stereocenters. The van der Waals surface area contributed by atoms with Crippen molar-refractivity contribution in [3.05, 3.63) is 53.6 Å². The summed E-state index contributed by atoms with van der Waals surface area (Å²) in [6, 6.07) is 13.1. The van der Waals surface area contributed by atoms with Gasteiger partial charge in [0.05, 0.1) is 4.90 Å². The molecule has 1 amide bonds. The number of aryl methyl sites for hydroxylation is 1. The molecule has 2 aliphatic heterocycles. The van der Waals surface area contributed by atoms with E-state index in [2.05, 4.69) is 43.9 Å². The fraction of sp³-hybridized carbons (Fsp3) is 0.462. The molecule has 2 aromatic rings. The number of aliphatic imine (C=N–C) groups is 1. The van der Waals surface area contributed by atoms with Crippen molar-refractivity contribution in [2.45, 2.75) is 44.4 Å². The van der Waals surface area contributed by atoms with Gasteiger partial charge in [-0.2, -0.15) is 0 Å². The van der Waals surface area contributed by atoms with Crippen LogP contribution in [0.25, 0.3) is 0 Å². The monoisotopic (exact) mass is 497 g/mol. The van der Waals surface area contributed by atoms with Crippen LogP contribution in [0.3, 0.4) is 0 Å². The summed E-state index contributed by atoms with van der Waals surface area (Å²) in [7, 11) is -3.50. The molecule has 2 heterocycles. The van der Waals surface area contributed by atoms with Crippen molar-refractivity contribution in [3.8, 4) is 0 Å². The normalized spacial score (nSPS) is 18.3. The van der Waals surface area contributed by atoms with Crippen LogP contribution in [0.15, 0.2) is 52.4 Å². The zero-order chi connectivity index (χ0) is 24.8. The Labute approximate surface area is 208 Å². The van der Waals surface area contributed by atoms with E-state index in [-0.39, 0.29) is 10.8 Å². The first-order valence-corrected chi connectivity index (χ1v) is 13.9. The minimum absolute atomic E-state index is 0.0150. The summed E-state index contributed by atoms with van der Waals surface area (Å²) in [6.45, 7) is 10.1. The summed E-state index contributed by atoms with van der Waals surface area (Å²) in [5.41, 5.74) is 3.77. The first kappa shape index (κ1) is 25.2. The summed E-state index contributed by atoms with van der Waals surface area (Å²) >= 11 is 0. The molecule has 0 atom stereocenters. The molecule has 2 N–H and O–H groups in total. The highest BCUT2D eigenvalue weighted by Gasteiger charge is 2.29. The van der Waals surface area contributed by atoms with Gasteiger partial charge in [0.25, 0.3) is 10.0 Å². The van der Waals surface area contributed by atoms with Gasteiger partial charge in [-0.3, -0.25) is 14.5 Å². The topological polar surface area (TPSA) is 94.1 Å². The first-order valence-electron chi connectivity index (χ1n) is 12.4. The molecule has 4 rings (SSSR count). The van der Waals surface area contributed by atoms with E-state index in [1.807, 2.05) is 13.0 Å². The molecule has 188 valence electrons. The van der Waals surface area contributed by atoms with Crippen molar-refractivity contribution in [1.29, 1.82) is 0 Å². The van der Waals surface area contributed by atoms with Gasteiger partial charge in [0.1, 0.15) is 5.84 Å². The van der Waals surface area contributed by atoms with Crippen LogP contribution < -0.4 is 14.9 Å². The van der Waals surface area contributed by atoms with E-state index < -0.39 is 10.0 Å². The van der Waals surface area contributed by atoms with Crippen LogP contribution in [0.2, 0.25) is 0 Å². The highest BCUT2D eigenvalue weighted by atomic mass is 32.2. The van der Waals surface area contributed by atoms with Crippen LogP contribution in [0.4, 0.5) is 11.4 Å². The third kappa shape index (κ3) is 6.21. The lowest BCUT2D eigenvalue weighted by Crippen LogP contribution is -2.46. The average molecular weight is 498 g/mol. The molecular formula is C26H35N5O3S. The minimum atomic E-state index is -3.50. The van der Waals surface area contributed by atoms with Crippen molar-refractivity contribution in [2.24, 2.45) is 4.99 Å². The lowest BCUT2D eigenvalue weighted by molar-refractivity contribution is -0.116. The Morgan fingerprint density at radius 3 is 2.57 bits per heavy atom. The van der Waals surface area contributed by atoms with Gasteiger partial charge in [-0.1, -0.05) is 25.5 Å². The molecule has 2 aromatic carbocycles. The number of carbonyl (C=O) groups is 1. The molecule has 8 nitrogen and oxygen atoms in total. The lowest BCUT2D eigenvalue weighted by atomic mass is 10.1. The maximum absolute atomic E-state index is 12.4. The van der Waals surface area contributed by atoms with Gasteiger partial charge in [-0.15, -0.1) is 0 Å². The van der Waals surface area contributed by atoms with Gasteiger partial charge in [-0.25, -0.2) is 8.42 Å². The molecule has 0 aliphatic carbocycles.